The normalized spacial score (nSPS) is 18.0. The Hall–Kier alpha value is -0.920. The number of piperidine rings is 1. The second-order valence-corrected chi connectivity index (χ2v) is 9.64. The van der Waals surface area contributed by atoms with E-state index in [1.54, 1.807) is 0 Å². The topological polar surface area (TPSA) is 66.5 Å². The number of hydrogen-bond acceptors (Lipinski definition) is 3. The fraction of sp³-hybridized carbons (Fsp3) is 0.611. The molecule has 1 heterocycles. The Morgan fingerprint density at radius 3 is 2.44 bits per heavy atom. The van der Waals surface area contributed by atoms with Gasteiger partial charge in [-0.05, 0) is 43.9 Å². The number of nitrogens with zero attached hydrogens (tertiary/aromatic N) is 1. The minimum absolute atomic E-state index is 0.00464. The zero-order valence-electron chi connectivity index (χ0n) is 14.9. The van der Waals surface area contributed by atoms with Crippen molar-refractivity contribution in [1.29, 1.82) is 0 Å². The minimum Gasteiger partial charge on any atom is -0.353 e. The first-order valence-electron chi connectivity index (χ1n) is 8.84. The summed E-state index contributed by atoms with van der Waals surface area (Å²) in [5, 5.41) is 3.04. The summed E-state index contributed by atoms with van der Waals surface area (Å²) in [5.41, 5.74) is 0.774. The first-order valence-corrected chi connectivity index (χ1v) is 11.2. The molecule has 1 aliphatic heterocycles. The van der Waals surface area contributed by atoms with Gasteiger partial charge in [-0.25, -0.2) is 12.7 Å². The van der Waals surface area contributed by atoms with Crippen molar-refractivity contribution in [2.45, 2.75) is 51.3 Å². The van der Waals surface area contributed by atoms with Crippen LogP contribution in [-0.2, 0) is 20.6 Å². The van der Waals surface area contributed by atoms with Gasteiger partial charge in [0.15, 0.2) is 0 Å². The molecule has 1 aromatic carbocycles. The number of benzene rings is 1. The number of hydrogen-bond donors (Lipinski definition) is 1. The van der Waals surface area contributed by atoms with Gasteiger partial charge >= 0.3 is 0 Å². The number of amides is 1. The van der Waals surface area contributed by atoms with Gasteiger partial charge in [0.05, 0.1) is 5.75 Å². The first kappa shape index (κ1) is 20.4. The molecule has 0 aliphatic carbocycles. The molecule has 25 heavy (non-hydrogen) atoms. The van der Waals surface area contributed by atoms with Gasteiger partial charge in [-0.2, -0.15) is 0 Å². The molecule has 0 spiro atoms. The largest absolute Gasteiger partial charge is 0.353 e. The monoisotopic (exact) mass is 430 g/mol. The second-order valence-electron chi connectivity index (χ2n) is 6.75. The van der Waals surface area contributed by atoms with E-state index in [1.165, 1.54) is 4.31 Å². The molecule has 7 heteroatoms. The molecule has 0 radical (unpaired) electrons. The summed E-state index contributed by atoms with van der Waals surface area (Å²) in [7, 11) is -3.34. The summed E-state index contributed by atoms with van der Waals surface area (Å²) < 4.78 is 27.6. The van der Waals surface area contributed by atoms with Crippen LogP contribution in [0.2, 0.25) is 0 Å². The van der Waals surface area contributed by atoms with Crippen LogP contribution >= 0.6 is 15.9 Å². The molecular formula is C18H27BrN2O3S. The van der Waals surface area contributed by atoms with Crippen molar-refractivity contribution in [3.8, 4) is 0 Å². The van der Waals surface area contributed by atoms with Gasteiger partial charge < -0.3 is 5.32 Å². The quantitative estimate of drug-likeness (QED) is 0.721. The second kappa shape index (κ2) is 9.14. The van der Waals surface area contributed by atoms with E-state index in [2.05, 4.69) is 28.2 Å². The first-order chi connectivity index (χ1) is 11.8. The summed E-state index contributed by atoms with van der Waals surface area (Å²) in [4.78, 5) is 12.3. The van der Waals surface area contributed by atoms with E-state index < -0.39 is 10.0 Å². The Bertz CT molecular complexity index is 668. The molecule has 0 saturated carbocycles. The van der Waals surface area contributed by atoms with Crippen molar-refractivity contribution in [1.82, 2.24) is 9.62 Å². The van der Waals surface area contributed by atoms with Crippen LogP contribution in [0.25, 0.3) is 0 Å². The molecule has 0 unspecified atom stereocenters. The average Bonchev–Trinajstić information content (AvgIpc) is 2.57. The molecule has 5 nitrogen and oxygen atoms in total. The van der Waals surface area contributed by atoms with Gasteiger partial charge in [0.2, 0.25) is 15.9 Å². The summed E-state index contributed by atoms with van der Waals surface area (Å²) in [5.74, 6) is -0.0191. The fourth-order valence-corrected chi connectivity index (χ4v) is 4.97. The van der Waals surface area contributed by atoms with E-state index in [-0.39, 0.29) is 23.6 Å². The Morgan fingerprint density at radius 1 is 1.28 bits per heavy atom. The number of carbonyl (C=O) groups is 1. The predicted octanol–water partition coefficient (Wildman–Crippen LogP) is 3.30. The molecule has 1 aromatic rings. The van der Waals surface area contributed by atoms with Crippen LogP contribution in [0.15, 0.2) is 28.7 Å². The highest BCUT2D eigenvalue weighted by molar-refractivity contribution is 9.10. The lowest BCUT2D eigenvalue weighted by atomic mass is 9.96. The third kappa shape index (κ3) is 6.08. The summed E-state index contributed by atoms with van der Waals surface area (Å²) in [6, 6.07) is 7.50. The van der Waals surface area contributed by atoms with Gasteiger partial charge in [0.25, 0.3) is 0 Å². The van der Waals surface area contributed by atoms with Crippen molar-refractivity contribution >= 4 is 31.9 Å². The van der Waals surface area contributed by atoms with E-state index in [9.17, 15) is 13.2 Å². The molecule has 2 rings (SSSR count). The van der Waals surface area contributed by atoms with Crippen molar-refractivity contribution in [2.24, 2.45) is 5.92 Å². The smallest absolute Gasteiger partial charge is 0.223 e. The highest BCUT2D eigenvalue weighted by Gasteiger charge is 2.31. The van der Waals surface area contributed by atoms with Crippen molar-refractivity contribution in [3.63, 3.8) is 0 Å². The molecule has 1 amide bonds. The lowest BCUT2D eigenvalue weighted by Crippen LogP contribution is -2.45. The van der Waals surface area contributed by atoms with Gasteiger partial charge in [-0.3, -0.25) is 4.79 Å². The summed E-state index contributed by atoms with van der Waals surface area (Å²) in [6.45, 7) is 4.94. The van der Waals surface area contributed by atoms with Crippen LogP contribution < -0.4 is 5.32 Å². The summed E-state index contributed by atoms with van der Waals surface area (Å²) in [6.07, 6.45) is 3.18. The Labute approximate surface area is 159 Å². The highest BCUT2D eigenvalue weighted by Crippen LogP contribution is 2.22. The molecular weight excluding hydrogens is 404 g/mol. The maximum Gasteiger partial charge on any atom is 0.223 e. The molecule has 1 aliphatic rings. The lowest BCUT2D eigenvalue weighted by molar-refractivity contribution is -0.126. The minimum atomic E-state index is -3.34. The molecule has 1 fully saturated rings. The molecule has 1 N–H and O–H groups in total. The SMILES string of the molecule is CCC[C@H](C)NC(=O)C1CCN(S(=O)(=O)Cc2ccc(Br)cc2)CC1. The van der Waals surface area contributed by atoms with Gasteiger partial charge in [-0.15, -0.1) is 0 Å². The maximum absolute atomic E-state index is 12.6. The van der Waals surface area contributed by atoms with Crippen LogP contribution in [0.3, 0.4) is 0 Å². The van der Waals surface area contributed by atoms with E-state index >= 15 is 0 Å². The Balaban J connectivity index is 1.88. The number of carbonyl (C=O) groups excluding carboxylic acids is 1. The van der Waals surface area contributed by atoms with E-state index in [4.69, 9.17) is 0 Å². The molecule has 0 bridgehead atoms. The number of halogens is 1. The maximum atomic E-state index is 12.6. The van der Waals surface area contributed by atoms with E-state index in [0.717, 1.165) is 22.9 Å². The zero-order chi connectivity index (χ0) is 18.4. The van der Waals surface area contributed by atoms with Crippen LogP contribution in [0, 0.1) is 5.92 Å². The lowest BCUT2D eigenvalue weighted by Gasteiger charge is -2.31. The van der Waals surface area contributed by atoms with E-state index in [1.807, 2.05) is 31.2 Å². The van der Waals surface area contributed by atoms with Gasteiger partial charge in [0.1, 0.15) is 0 Å². The number of rotatable bonds is 7. The van der Waals surface area contributed by atoms with Crippen molar-refractivity contribution in [2.75, 3.05) is 13.1 Å². The van der Waals surface area contributed by atoms with Gasteiger partial charge in [-0.1, -0.05) is 41.4 Å². The van der Waals surface area contributed by atoms with Crippen molar-refractivity contribution < 1.29 is 13.2 Å². The Morgan fingerprint density at radius 2 is 1.88 bits per heavy atom. The van der Waals surface area contributed by atoms with Crippen LogP contribution in [0.1, 0.15) is 45.1 Å². The highest BCUT2D eigenvalue weighted by atomic mass is 79.9. The zero-order valence-corrected chi connectivity index (χ0v) is 17.3. The molecule has 140 valence electrons. The third-order valence-corrected chi connectivity index (χ3v) is 6.97. The van der Waals surface area contributed by atoms with Crippen LogP contribution in [0.5, 0.6) is 0 Å². The van der Waals surface area contributed by atoms with Crippen LogP contribution in [-0.4, -0.2) is 37.8 Å². The summed E-state index contributed by atoms with van der Waals surface area (Å²) >= 11 is 3.35. The standard InChI is InChI=1S/C18H27BrN2O3S/c1-3-4-14(2)20-18(22)16-9-11-21(12-10-16)25(23,24)13-15-5-7-17(19)8-6-15/h5-8,14,16H,3-4,9-13H2,1-2H3,(H,20,22)/t14-/m0/s1. The average molecular weight is 431 g/mol. The molecule has 1 atom stereocenters. The number of sulfonamides is 1. The predicted molar refractivity (Wildman–Crippen MR) is 104 cm³/mol. The third-order valence-electron chi connectivity index (χ3n) is 4.59. The number of nitrogens with one attached hydrogen (secondary N) is 1. The van der Waals surface area contributed by atoms with Gasteiger partial charge in [0, 0.05) is 29.5 Å². The Kier molecular flexibility index (Phi) is 7.46. The van der Waals surface area contributed by atoms with Crippen LogP contribution in [0.4, 0.5) is 0 Å². The fourth-order valence-electron chi connectivity index (χ4n) is 3.14. The van der Waals surface area contributed by atoms with E-state index in [0.29, 0.717) is 25.9 Å². The molecule has 1 saturated heterocycles. The van der Waals surface area contributed by atoms with Crippen molar-refractivity contribution in [3.05, 3.63) is 34.3 Å². The molecule has 0 aromatic heterocycles.